The lowest BCUT2D eigenvalue weighted by Crippen LogP contribution is -2.10. The average molecular weight is 818 g/mol. The van der Waals surface area contributed by atoms with Crippen LogP contribution in [-0.4, -0.2) is 4.57 Å². The Morgan fingerprint density at radius 1 is 0.297 bits per heavy atom. The molecule has 3 nitrogen and oxygen atoms in total. The van der Waals surface area contributed by atoms with Gasteiger partial charge in [-0.25, -0.2) is 0 Å². The molecule has 11 aromatic rings. The third-order valence-electron chi connectivity index (χ3n) is 12.8. The second kappa shape index (κ2) is 15.8. The van der Waals surface area contributed by atoms with Crippen LogP contribution in [0.1, 0.15) is 22.6 Å². The summed E-state index contributed by atoms with van der Waals surface area (Å²) in [6.45, 7) is 0. The van der Waals surface area contributed by atoms with E-state index in [1.807, 2.05) is 0 Å². The highest BCUT2D eigenvalue weighted by molar-refractivity contribution is 6.10. The van der Waals surface area contributed by atoms with Gasteiger partial charge in [0.25, 0.3) is 0 Å². The lowest BCUT2D eigenvalue weighted by molar-refractivity contribution is 1.01. The number of rotatable bonds is 9. The van der Waals surface area contributed by atoms with E-state index in [1.54, 1.807) is 0 Å². The number of nitrogens with zero attached hydrogens (tertiary/aromatic N) is 3. The molecule has 0 fully saturated rings. The van der Waals surface area contributed by atoms with Gasteiger partial charge in [0.1, 0.15) is 0 Å². The molecule has 302 valence electrons. The van der Waals surface area contributed by atoms with Crippen LogP contribution in [0.2, 0.25) is 0 Å². The predicted octanol–water partition coefficient (Wildman–Crippen LogP) is 16.6. The Morgan fingerprint density at radius 3 is 1.39 bits per heavy atom. The van der Waals surface area contributed by atoms with Crippen molar-refractivity contribution >= 4 is 55.9 Å². The van der Waals surface area contributed by atoms with Crippen molar-refractivity contribution in [1.29, 1.82) is 0 Å². The predicted molar refractivity (Wildman–Crippen MR) is 268 cm³/mol. The maximum Gasteiger partial charge on any atom is 0.0542 e. The minimum atomic E-state index is 0.178. The Balaban J connectivity index is 0.893. The number of hydrogen-bond donors (Lipinski definition) is 0. The molecule has 1 aliphatic carbocycles. The SMILES string of the molecule is c1ccc(C2c3ccccc3-c3ccc(N(c4ccccc4)c4ccc(-c5ccc(N(c6ccccc6)c6ccc7c(c6)c6ccccc6n7-c6ccccc6)cc5)cc4)cc32)cc1. The summed E-state index contributed by atoms with van der Waals surface area (Å²) in [5, 5.41) is 2.46. The number of hydrogen-bond acceptors (Lipinski definition) is 2. The van der Waals surface area contributed by atoms with Crippen LogP contribution in [0.4, 0.5) is 34.1 Å². The van der Waals surface area contributed by atoms with Gasteiger partial charge in [0, 0.05) is 56.5 Å². The van der Waals surface area contributed by atoms with Gasteiger partial charge in [-0.3, -0.25) is 0 Å². The first-order chi connectivity index (χ1) is 31.8. The van der Waals surface area contributed by atoms with Gasteiger partial charge in [0.15, 0.2) is 0 Å². The molecule has 0 radical (unpaired) electrons. The summed E-state index contributed by atoms with van der Waals surface area (Å²) >= 11 is 0. The summed E-state index contributed by atoms with van der Waals surface area (Å²) in [7, 11) is 0. The van der Waals surface area contributed by atoms with Crippen LogP contribution in [0.5, 0.6) is 0 Å². The van der Waals surface area contributed by atoms with E-state index in [4.69, 9.17) is 0 Å². The molecule has 1 aliphatic rings. The minimum Gasteiger partial charge on any atom is -0.310 e. The molecule has 0 bridgehead atoms. The van der Waals surface area contributed by atoms with Gasteiger partial charge >= 0.3 is 0 Å². The molecule has 0 saturated heterocycles. The van der Waals surface area contributed by atoms with Crippen LogP contribution >= 0.6 is 0 Å². The highest BCUT2D eigenvalue weighted by Gasteiger charge is 2.30. The Hall–Kier alpha value is -8.40. The van der Waals surface area contributed by atoms with E-state index in [-0.39, 0.29) is 5.92 Å². The minimum absolute atomic E-state index is 0.178. The Kier molecular flexibility index (Phi) is 9.23. The largest absolute Gasteiger partial charge is 0.310 e. The first-order valence-corrected chi connectivity index (χ1v) is 22.0. The van der Waals surface area contributed by atoms with Crippen LogP contribution in [-0.2, 0) is 0 Å². The Labute approximate surface area is 374 Å². The fourth-order valence-electron chi connectivity index (χ4n) is 9.95. The van der Waals surface area contributed by atoms with Crippen LogP contribution in [0, 0.1) is 0 Å². The molecule has 1 heterocycles. The topological polar surface area (TPSA) is 11.4 Å². The van der Waals surface area contributed by atoms with Crippen LogP contribution in [0.25, 0.3) is 49.7 Å². The molecule has 1 aromatic heterocycles. The van der Waals surface area contributed by atoms with Gasteiger partial charge in [-0.2, -0.15) is 0 Å². The Morgan fingerprint density at radius 2 is 0.750 bits per heavy atom. The molecule has 10 aromatic carbocycles. The zero-order chi connectivity index (χ0) is 42.4. The second-order valence-corrected chi connectivity index (χ2v) is 16.5. The van der Waals surface area contributed by atoms with Crippen LogP contribution < -0.4 is 9.80 Å². The van der Waals surface area contributed by atoms with Gasteiger partial charge in [-0.05, 0) is 136 Å². The summed E-state index contributed by atoms with van der Waals surface area (Å²) in [6, 6.07) is 92.4. The fourth-order valence-corrected chi connectivity index (χ4v) is 9.95. The van der Waals surface area contributed by atoms with Gasteiger partial charge in [0.2, 0.25) is 0 Å². The summed E-state index contributed by atoms with van der Waals surface area (Å²) in [5.74, 6) is 0.178. The Bertz CT molecular complexity index is 3410. The number of anilines is 6. The maximum absolute atomic E-state index is 2.41. The van der Waals surface area contributed by atoms with E-state index in [1.165, 1.54) is 55.2 Å². The summed E-state index contributed by atoms with van der Waals surface area (Å²) < 4.78 is 2.37. The molecule has 0 amide bonds. The van der Waals surface area contributed by atoms with Crippen molar-refractivity contribution in [2.24, 2.45) is 0 Å². The zero-order valence-corrected chi connectivity index (χ0v) is 35.2. The highest BCUT2D eigenvalue weighted by Crippen LogP contribution is 2.50. The molecule has 1 unspecified atom stereocenters. The molecular formula is C61H43N3. The van der Waals surface area contributed by atoms with E-state index >= 15 is 0 Å². The average Bonchev–Trinajstić information content (AvgIpc) is 3.88. The van der Waals surface area contributed by atoms with Gasteiger partial charge < -0.3 is 14.4 Å². The summed E-state index contributed by atoms with van der Waals surface area (Å²) in [6.07, 6.45) is 0. The molecule has 12 rings (SSSR count). The summed E-state index contributed by atoms with van der Waals surface area (Å²) in [5.41, 5.74) is 19.2. The molecule has 64 heavy (non-hydrogen) atoms. The van der Waals surface area contributed by atoms with Gasteiger partial charge in [-0.1, -0.05) is 158 Å². The van der Waals surface area contributed by atoms with E-state index in [0.717, 1.165) is 45.4 Å². The summed E-state index contributed by atoms with van der Waals surface area (Å²) in [4.78, 5) is 4.74. The number of benzene rings is 10. The molecule has 0 saturated carbocycles. The van der Waals surface area contributed by atoms with Crippen LogP contribution in [0.15, 0.2) is 255 Å². The van der Waals surface area contributed by atoms with E-state index in [9.17, 15) is 0 Å². The van der Waals surface area contributed by atoms with E-state index in [0.29, 0.717) is 0 Å². The van der Waals surface area contributed by atoms with Crippen molar-refractivity contribution in [3.8, 4) is 27.9 Å². The van der Waals surface area contributed by atoms with Crippen molar-refractivity contribution in [3.05, 3.63) is 271 Å². The van der Waals surface area contributed by atoms with Gasteiger partial charge in [0.05, 0.1) is 11.0 Å². The van der Waals surface area contributed by atoms with E-state index in [2.05, 4.69) is 269 Å². The fraction of sp³-hybridized carbons (Fsp3) is 0.0164. The van der Waals surface area contributed by atoms with Crippen molar-refractivity contribution in [1.82, 2.24) is 4.57 Å². The van der Waals surface area contributed by atoms with Crippen molar-refractivity contribution in [2.45, 2.75) is 5.92 Å². The molecule has 1 atom stereocenters. The second-order valence-electron chi connectivity index (χ2n) is 16.5. The monoisotopic (exact) mass is 817 g/mol. The molecule has 3 heteroatoms. The number of fused-ring (bicyclic) bond motifs is 6. The lowest BCUT2D eigenvalue weighted by Gasteiger charge is -2.27. The molecule has 0 spiro atoms. The first kappa shape index (κ1) is 37.4. The molecule has 0 aliphatic heterocycles. The zero-order valence-electron chi connectivity index (χ0n) is 35.2. The number of para-hydroxylation sites is 4. The van der Waals surface area contributed by atoms with Crippen LogP contribution in [0.3, 0.4) is 0 Å². The highest BCUT2D eigenvalue weighted by atomic mass is 15.1. The third kappa shape index (κ3) is 6.45. The third-order valence-corrected chi connectivity index (χ3v) is 12.8. The standard InChI is InChI=1S/C61H43N3/c1-5-17-45(18-6-1)61-56-27-14-13-25-53(56)54-39-37-51(42-58(54)61)62(46-19-7-2-8-20-46)49-33-29-43(30-34-49)44-31-35-50(36-32-44)63(47-21-9-3-10-22-47)52-38-40-60-57(41-52)55-26-15-16-28-59(55)64(60)48-23-11-4-12-24-48/h1-42,61H. The lowest BCUT2D eigenvalue weighted by atomic mass is 9.89. The van der Waals surface area contributed by atoms with E-state index < -0.39 is 0 Å². The normalized spacial score (nSPS) is 12.8. The quantitative estimate of drug-likeness (QED) is 0.144. The number of aromatic nitrogens is 1. The maximum atomic E-state index is 2.41. The molecule has 0 N–H and O–H groups in total. The van der Waals surface area contributed by atoms with Crippen molar-refractivity contribution in [3.63, 3.8) is 0 Å². The first-order valence-electron chi connectivity index (χ1n) is 22.0. The molecular weight excluding hydrogens is 775 g/mol. The van der Waals surface area contributed by atoms with Crippen molar-refractivity contribution in [2.75, 3.05) is 9.80 Å². The van der Waals surface area contributed by atoms with Gasteiger partial charge in [-0.15, -0.1) is 0 Å². The smallest absolute Gasteiger partial charge is 0.0542 e. The van der Waals surface area contributed by atoms with Crippen molar-refractivity contribution < 1.29 is 0 Å².